The number of rotatable bonds is 9. The Balaban J connectivity index is 1.54. The molecule has 5 heteroatoms. The zero-order valence-corrected chi connectivity index (χ0v) is 15.3. The molecule has 0 radical (unpaired) electrons. The Morgan fingerprint density at radius 1 is 1.08 bits per heavy atom. The second-order valence-electron chi connectivity index (χ2n) is 6.90. The standard InChI is InChI=1S/C20H31N3O2/c1-17(24)21-13-7-3-6-10-20(25)22-19-11-14-23(15-12-19)16-18-8-4-2-5-9-18/h2,4-5,8-9,19H,3,6-7,10-16H2,1H3,(H,21,24)(H,22,25). The largest absolute Gasteiger partial charge is 0.356 e. The van der Waals surface area contributed by atoms with Crippen LogP contribution < -0.4 is 10.6 Å². The quantitative estimate of drug-likeness (QED) is 0.676. The van der Waals surface area contributed by atoms with Crippen molar-refractivity contribution < 1.29 is 9.59 Å². The van der Waals surface area contributed by atoms with Gasteiger partial charge in [-0.05, 0) is 31.2 Å². The van der Waals surface area contributed by atoms with Crippen molar-refractivity contribution in [2.75, 3.05) is 19.6 Å². The van der Waals surface area contributed by atoms with Gasteiger partial charge in [-0.3, -0.25) is 14.5 Å². The fraction of sp³-hybridized carbons (Fsp3) is 0.600. The molecule has 5 nitrogen and oxygen atoms in total. The topological polar surface area (TPSA) is 61.4 Å². The van der Waals surface area contributed by atoms with Crippen molar-refractivity contribution in [3.05, 3.63) is 35.9 Å². The molecule has 0 bridgehead atoms. The number of nitrogens with zero attached hydrogens (tertiary/aromatic N) is 1. The number of piperidine rings is 1. The molecule has 2 rings (SSSR count). The summed E-state index contributed by atoms with van der Waals surface area (Å²) in [5, 5.41) is 5.95. The zero-order chi connectivity index (χ0) is 17.9. The number of hydrogen-bond donors (Lipinski definition) is 2. The van der Waals surface area contributed by atoms with E-state index in [9.17, 15) is 9.59 Å². The highest BCUT2D eigenvalue weighted by Crippen LogP contribution is 2.14. The summed E-state index contributed by atoms with van der Waals surface area (Å²) >= 11 is 0. The Bertz CT molecular complexity index is 525. The van der Waals surface area contributed by atoms with E-state index in [4.69, 9.17) is 0 Å². The van der Waals surface area contributed by atoms with E-state index in [2.05, 4.69) is 39.8 Å². The van der Waals surface area contributed by atoms with Crippen LogP contribution in [0.25, 0.3) is 0 Å². The minimum Gasteiger partial charge on any atom is -0.356 e. The van der Waals surface area contributed by atoms with Crippen LogP contribution >= 0.6 is 0 Å². The third-order valence-corrected chi connectivity index (χ3v) is 4.66. The monoisotopic (exact) mass is 345 g/mol. The molecule has 1 aromatic carbocycles. The van der Waals surface area contributed by atoms with E-state index in [0.717, 1.165) is 51.7 Å². The van der Waals surface area contributed by atoms with Gasteiger partial charge in [-0.2, -0.15) is 0 Å². The van der Waals surface area contributed by atoms with Crippen LogP contribution in [-0.2, 0) is 16.1 Å². The molecule has 25 heavy (non-hydrogen) atoms. The van der Waals surface area contributed by atoms with Crippen molar-refractivity contribution in [3.8, 4) is 0 Å². The molecule has 0 atom stereocenters. The lowest BCUT2D eigenvalue weighted by Crippen LogP contribution is -2.44. The molecule has 0 saturated carbocycles. The fourth-order valence-electron chi connectivity index (χ4n) is 3.23. The van der Waals surface area contributed by atoms with Crippen molar-refractivity contribution in [1.82, 2.24) is 15.5 Å². The Morgan fingerprint density at radius 2 is 1.80 bits per heavy atom. The van der Waals surface area contributed by atoms with Crippen LogP contribution in [0.5, 0.6) is 0 Å². The lowest BCUT2D eigenvalue weighted by Gasteiger charge is -2.32. The molecule has 1 heterocycles. The van der Waals surface area contributed by atoms with Gasteiger partial charge in [-0.25, -0.2) is 0 Å². The zero-order valence-electron chi connectivity index (χ0n) is 15.3. The third-order valence-electron chi connectivity index (χ3n) is 4.66. The lowest BCUT2D eigenvalue weighted by molar-refractivity contribution is -0.122. The predicted molar refractivity (Wildman–Crippen MR) is 100 cm³/mol. The van der Waals surface area contributed by atoms with Gasteiger partial charge in [0, 0.05) is 45.6 Å². The van der Waals surface area contributed by atoms with Crippen molar-refractivity contribution in [2.45, 2.75) is 58.0 Å². The van der Waals surface area contributed by atoms with E-state index in [0.29, 0.717) is 19.0 Å². The summed E-state index contributed by atoms with van der Waals surface area (Å²) in [7, 11) is 0. The van der Waals surface area contributed by atoms with E-state index in [-0.39, 0.29) is 11.8 Å². The van der Waals surface area contributed by atoms with Crippen LogP contribution in [0.2, 0.25) is 0 Å². The van der Waals surface area contributed by atoms with E-state index in [1.807, 2.05) is 6.07 Å². The minimum absolute atomic E-state index is 0.0105. The highest BCUT2D eigenvalue weighted by atomic mass is 16.2. The summed E-state index contributed by atoms with van der Waals surface area (Å²) in [6.45, 7) is 5.30. The first-order valence-electron chi connectivity index (χ1n) is 9.43. The highest BCUT2D eigenvalue weighted by Gasteiger charge is 2.20. The van der Waals surface area contributed by atoms with Crippen molar-refractivity contribution in [3.63, 3.8) is 0 Å². The van der Waals surface area contributed by atoms with Crippen molar-refractivity contribution in [2.24, 2.45) is 0 Å². The Kier molecular flexibility index (Phi) is 8.46. The fourth-order valence-corrected chi connectivity index (χ4v) is 3.23. The van der Waals surface area contributed by atoms with Gasteiger partial charge < -0.3 is 10.6 Å². The van der Waals surface area contributed by atoms with Crippen LogP contribution in [0.1, 0.15) is 51.0 Å². The molecule has 138 valence electrons. The van der Waals surface area contributed by atoms with Gasteiger partial charge in [0.15, 0.2) is 0 Å². The number of unbranched alkanes of at least 4 members (excludes halogenated alkanes) is 2. The molecule has 1 aromatic rings. The smallest absolute Gasteiger partial charge is 0.220 e. The maximum absolute atomic E-state index is 12.0. The number of likely N-dealkylation sites (tertiary alicyclic amines) is 1. The summed E-state index contributed by atoms with van der Waals surface area (Å²) in [6.07, 6.45) is 5.44. The third kappa shape index (κ3) is 8.16. The van der Waals surface area contributed by atoms with Gasteiger partial charge in [-0.1, -0.05) is 36.8 Å². The van der Waals surface area contributed by atoms with Crippen molar-refractivity contribution in [1.29, 1.82) is 0 Å². The van der Waals surface area contributed by atoms with Crippen molar-refractivity contribution >= 4 is 11.8 Å². The number of benzene rings is 1. The first-order valence-corrected chi connectivity index (χ1v) is 9.43. The second kappa shape index (κ2) is 10.9. The maximum atomic E-state index is 12.0. The molecule has 0 unspecified atom stereocenters. The average Bonchev–Trinajstić information content (AvgIpc) is 2.60. The maximum Gasteiger partial charge on any atom is 0.220 e. The molecule has 2 amide bonds. The summed E-state index contributed by atoms with van der Waals surface area (Å²) in [5.41, 5.74) is 1.35. The molecule has 0 aromatic heterocycles. The predicted octanol–water partition coefficient (Wildman–Crippen LogP) is 2.46. The van der Waals surface area contributed by atoms with Gasteiger partial charge in [-0.15, -0.1) is 0 Å². The first kappa shape index (κ1) is 19.4. The highest BCUT2D eigenvalue weighted by molar-refractivity contribution is 5.76. The van der Waals surface area contributed by atoms with E-state index < -0.39 is 0 Å². The molecule has 1 aliphatic rings. The molecular formula is C20H31N3O2. The first-order chi connectivity index (χ1) is 12.1. The Labute approximate surface area is 151 Å². The Morgan fingerprint density at radius 3 is 2.48 bits per heavy atom. The van der Waals surface area contributed by atoms with Crippen LogP contribution in [0, 0.1) is 0 Å². The summed E-state index contributed by atoms with van der Waals surface area (Å²) in [6, 6.07) is 10.9. The van der Waals surface area contributed by atoms with Crippen LogP contribution in [0.4, 0.5) is 0 Å². The van der Waals surface area contributed by atoms with E-state index in [1.165, 1.54) is 12.5 Å². The molecule has 0 spiro atoms. The number of carbonyl (C=O) groups excluding carboxylic acids is 2. The molecular weight excluding hydrogens is 314 g/mol. The average molecular weight is 345 g/mol. The molecule has 1 fully saturated rings. The van der Waals surface area contributed by atoms with Crippen LogP contribution in [-0.4, -0.2) is 42.4 Å². The lowest BCUT2D eigenvalue weighted by atomic mass is 10.0. The number of amides is 2. The number of carbonyl (C=O) groups is 2. The van der Waals surface area contributed by atoms with Crippen LogP contribution in [0.15, 0.2) is 30.3 Å². The molecule has 1 aliphatic heterocycles. The SMILES string of the molecule is CC(=O)NCCCCCC(=O)NC1CCN(Cc2ccccc2)CC1. The van der Waals surface area contributed by atoms with Gasteiger partial charge in [0.2, 0.25) is 11.8 Å². The summed E-state index contributed by atoms with van der Waals surface area (Å²) < 4.78 is 0. The molecule has 2 N–H and O–H groups in total. The molecule has 1 saturated heterocycles. The summed E-state index contributed by atoms with van der Waals surface area (Å²) in [5.74, 6) is 0.178. The Hall–Kier alpha value is -1.88. The van der Waals surface area contributed by atoms with Gasteiger partial charge >= 0.3 is 0 Å². The molecule has 0 aliphatic carbocycles. The normalized spacial score (nSPS) is 15.7. The summed E-state index contributed by atoms with van der Waals surface area (Å²) in [4.78, 5) is 25.2. The van der Waals surface area contributed by atoms with E-state index >= 15 is 0 Å². The van der Waals surface area contributed by atoms with Crippen LogP contribution in [0.3, 0.4) is 0 Å². The number of nitrogens with one attached hydrogen (secondary N) is 2. The second-order valence-corrected chi connectivity index (χ2v) is 6.90. The van der Waals surface area contributed by atoms with Gasteiger partial charge in [0.25, 0.3) is 0 Å². The minimum atomic E-state index is 0.0105. The van der Waals surface area contributed by atoms with Gasteiger partial charge in [0.05, 0.1) is 0 Å². The van der Waals surface area contributed by atoms with E-state index in [1.54, 1.807) is 0 Å². The van der Waals surface area contributed by atoms with Gasteiger partial charge in [0.1, 0.15) is 0 Å². The number of hydrogen-bond acceptors (Lipinski definition) is 3.